The van der Waals surface area contributed by atoms with Gasteiger partial charge in [0.05, 0.1) is 0 Å². The van der Waals surface area contributed by atoms with E-state index in [1.165, 1.54) is 43.1 Å². The van der Waals surface area contributed by atoms with Gasteiger partial charge in [0.25, 0.3) is 0 Å². The van der Waals surface area contributed by atoms with Crippen molar-refractivity contribution in [1.29, 1.82) is 0 Å². The highest BCUT2D eigenvalue weighted by Crippen LogP contribution is 2.31. The number of carbonyl (C=O) groups is 5. The van der Waals surface area contributed by atoms with Crippen LogP contribution >= 0.6 is 0 Å². The number of likely N-dealkylation sites (N-methyl/N-ethyl adjacent to an activating group) is 1. The molecule has 0 aliphatic carbocycles. The number of hydrogen-bond acceptors (Lipinski definition) is 7. The number of halogens is 1. The number of phenolic OH excluding ortho intramolecular Hbond substituents is 1. The normalized spacial score (nSPS) is 18.7. The highest BCUT2D eigenvalue weighted by molar-refractivity contribution is 5.94. The second kappa shape index (κ2) is 18.2. The molecule has 5 amide bonds. The number of rotatable bonds is 7. The Morgan fingerprint density at radius 3 is 2.23 bits per heavy atom. The molecule has 12 nitrogen and oxygen atoms in total. The summed E-state index contributed by atoms with van der Waals surface area (Å²) >= 11 is 0. The first-order valence-corrected chi connectivity index (χ1v) is 17.9. The molecule has 3 rings (SSSR count). The molecule has 0 radical (unpaired) electrons. The van der Waals surface area contributed by atoms with Crippen LogP contribution in [0.4, 0.5) is 9.18 Å². The molecule has 286 valence electrons. The average Bonchev–Trinajstić information content (AvgIpc) is 3.04. The van der Waals surface area contributed by atoms with E-state index in [1.54, 1.807) is 37.8 Å². The molecule has 1 aliphatic rings. The van der Waals surface area contributed by atoms with Gasteiger partial charge in [0.1, 0.15) is 35.3 Å². The smallest absolute Gasteiger partial charge is 0.408 e. The van der Waals surface area contributed by atoms with Gasteiger partial charge in [-0.05, 0) is 86.8 Å². The van der Waals surface area contributed by atoms with Crippen LogP contribution in [-0.2, 0) is 42.2 Å². The maximum atomic E-state index is 14.2. The lowest BCUT2D eigenvalue weighted by Gasteiger charge is -2.33. The zero-order valence-corrected chi connectivity index (χ0v) is 31.8. The molecule has 2 aromatic rings. The first-order valence-electron chi connectivity index (χ1n) is 17.9. The van der Waals surface area contributed by atoms with Gasteiger partial charge in [0, 0.05) is 46.4 Å². The number of phenols is 1. The molecule has 1 saturated heterocycles. The second-order valence-electron chi connectivity index (χ2n) is 15.5. The van der Waals surface area contributed by atoms with Gasteiger partial charge < -0.3 is 35.6 Å². The largest absolute Gasteiger partial charge is 0.508 e. The van der Waals surface area contributed by atoms with Gasteiger partial charge in [0.2, 0.25) is 23.6 Å². The number of benzene rings is 2. The summed E-state index contributed by atoms with van der Waals surface area (Å²) in [6.07, 6.45) is 1.05. The summed E-state index contributed by atoms with van der Waals surface area (Å²) in [5.41, 5.74) is 0.746. The Labute approximate surface area is 306 Å². The van der Waals surface area contributed by atoms with E-state index >= 15 is 0 Å². The van der Waals surface area contributed by atoms with E-state index in [0.717, 1.165) is 0 Å². The molecule has 52 heavy (non-hydrogen) atoms. The maximum absolute atomic E-state index is 14.2. The minimum atomic E-state index is -1.17. The fourth-order valence-corrected chi connectivity index (χ4v) is 6.10. The molecular formula is C39H56FN5O7. The first-order chi connectivity index (χ1) is 24.2. The van der Waals surface area contributed by atoms with Gasteiger partial charge in [0.15, 0.2) is 0 Å². The lowest BCUT2D eigenvalue weighted by Crippen LogP contribution is -2.58. The van der Waals surface area contributed by atoms with Gasteiger partial charge in [-0.15, -0.1) is 0 Å². The molecule has 4 N–H and O–H groups in total. The third-order valence-corrected chi connectivity index (χ3v) is 8.91. The van der Waals surface area contributed by atoms with Crippen molar-refractivity contribution in [1.82, 2.24) is 25.8 Å². The topological polar surface area (TPSA) is 157 Å². The molecule has 0 bridgehead atoms. The molecule has 3 unspecified atom stereocenters. The predicted molar refractivity (Wildman–Crippen MR) is 196 cm³/mol. The minimum Gasteiger partial charge on any atom is -0.508 e. The van der Waals surface area contributed by atoms with Crippen molar-refractivity contribution in [2.75, 3.05) is 26.7 Å². The highest BCUT2D eigenvalue weighted by Gasteiger charge is 2.35. The Morgan fingerprint density at radius 1 is 0.981 bits per heavy atom. The Kier molecular flexibility index (Phi) is 14.6. The third-order valence-electron chi connectivity index (χ3n) is 8.91. The Morgan fingerprint density at radius 2 is 1.62 bits per heavy atom. The number of carbonyl (C=O) groups excluding carboxylic acids is 5. The van der Waals surface area contributed by atoms with Crippen LogP contribution in [-0.4, -0.2) is 95.0 Å². The highest BCUT2D eigenvalue weighted by atomic mass is 19.1. The third kappa shape index (κ3) is 12.8. The molecule has 1 heterocycles. The van der Waals surface area contributed by atoms with E-state index in [-0.39, 0.29) is 42.9 Å². The summed E-state index contributed by atoms with van der Waals surface area (Å²) < 4.78 is 19.1. The summed E-state index contributed by atoms with van der Waals surface area (Å²) in [6, 6.07) is 7.37. The standard InChI is InChI=1S/C39H56FN5O7/c1-25(46)45-20-10-9-12-32(44(8)36(50)31(43-37(51)52-39(5,6)7)23-26-13-16-28(40)17-14-26)35(49)42-30(34(48)41-19-11-21-45)24-27-15-18-33(47)29(22-27)38(2,3)4/h13-18,22,30-32,47H,9-12,19-21,23-24H2,1-8H3,(H,41,48)(H,42,49)(H,43,51). The molecule has 2 aromatic carbocycles. The number of nitrogens with zero attached hydrogens (tertiary/aromatic N) is 2. The van der Waals surface area contributed by atoms with Gasteiger partial charge in [-0.2, -0.15) is 0 Å². The van der Waals surface area contributed by atoms with Crippen LogP contribution in [0.15, 0.2) is 42.5 Å². The summed E-state index contributed by atoms with van der Waals surface area (Å²) in [7, 11) is 1.47. The van der Waals surface area contributed by atoms with E-state index in [2.05, 4.69) is 16.0 Å². The van der Waals surface area contributed by atoms with Crippen LogP contribution in [0.3, 0.4) is 0 Å². The Bertz CT molecular complexity index is 1570. The molecule has 3 atom stereocenters. The fourth-order valence-electron chi connectivity index (χ4n) is 6.10. The number of aromatic hydroxyl groups is 1. The van der Waals surface area contributed by atoms with Crippen molar-refractivity contribution in [3.05, 3.63) is 65.0 Å². The molecule has 0 aromatic heterocycles. The van der Waals surface area contributed by atoms with Crippen LogP contribution in [0.2, 0.25) is 0 Å². The fraction of sp³-hybridized carbons (Fsp3) is 0.564. The zero-order valence-electron chi connectivity index (χ0n) is 31.8. The predicted octanol–water partition coefficient (Wildman–Crippen LogP) is 4.36. The minimum absolute atomic E-state index is 0.00734. The number of alkyl carbamates (subject to hydrolysis) is 1. The zero-order chi connectivity index (χ0) is 38.8. The van der Waals surface area contributed by atoms with Crippen LogP contribution in [0.25, 0.3) is 0 Å². The summed E-state index contributed by atoms with van der Waals surface area (Å²) in [6.45, 7) is 13.6. The van der Waals surface area contributed by atoms with E-state index in [4.69, 9.17) is 4.74 Å². The number of nitrogens with one attached hydrogen (secondary N) is 3. The lowest BCUT2D eigenvalue weighted by molar-refractivity contribution is -0.141. The molecular weight excluding hydrogens is 669 g/mol. The van der Waals surface area contributed by atoms with Crippen molar-refractivity contribution < 1.29 is 38.2 Å². The van der Waals surface area contributed by atoms with Crippen LogP contribution < -0.4 is 16.0 Å². The summed E-state index contributed by atoms with van der Waals surface area (Å²) in [5, 5.41) is 19.0. The lowest BCUT2D eigenvalue weighted by atomic mass is 9.84. The van der Waals surface area contributed by atoms with Crippen molar-refractivity contribution in [2.24, 2.45) is 0 Å². The number of hydrogen-bond donors (Lipinski definition) is 4. The maximum Gasteiger partial charge on any atom is 0.408 e. The Balaban J connectivity index is 1.98. The van der Waals surface area contributed by atoms with E-state index < -0.39 is 53.4 Å². The molecule has 13 heteroatoms. The SMILES string of the molecule is CC(=O)N1CCCCC(N(C)C(=O)C(Cc2ccc(F)cc2)NC(=O)OC(C)(C)C)C(=O)NC(Cc2ccc(O)c(C(C)(C)C)c2)C(=O)NCCC1. The van der Waals surface area contributed by atoms with Crippen LogP contribution in [0, 0.1) is 5.82 Å². The average molecular weight is 726 g/mol. The molecule has 0 spiro atoms. The van der Waals surface area contributed by atoms with Crippen molar-refractivity contribution in [3.8, 4) is 5.75 Å². The van der Waals surface area contributed by atoms with Crippen LogP contribution in [0.1, 0.15) is 90.8 Å². The van der Waals surface area contributed by atoms with Gasteiger partial charge in [-0.3, -0.25) is 19.2 Å². The van der Waals surface area contributed by atoms with Crippen molar-refractivity contribution in [3.63, 3.8) is 0 Å². The van der Waals surface area contributed by atoms with Crippen molar-refractivity contribution in [2.45, 2.75) is 116 Å². The molecule has 1 aliphatic heterocycles. The summed E-state index contributed by atoms with van der Waals surface area (Å²) in [4.78, 5) is 70.3. The van der Waals surface area contributed by atoms with Crippen molar-refractivity contribution >= 4 is 29.7 Å². The first kappa shape index (κ1) is 41.7. The quantitative estimate of drug-likeness (QED) is 0.331. The number of amides is 5. The van der Waals surface area contributed by atoms with Gasteiger partial charge in [-0.1, -0.05) is 45.0 Å². The van der Waals surface area contributed by atoms with Gasteiger partial charge in [-0.25, -0.2) is 9.18 Å². The monoisotopic (exact) mass is 725 g/mol. The second-order valence-corrected chi connectivity index (χ2v) is 15.5. The molecule has 0 saturated carbocycles. The van der Waals surface area contributed by atoms with E-state index in [9.17, 15) is 33.5 Å². The Hall–Kier alpha value is -4.68. The van der Waals surface area contributed by atoms with E-state index in [0.29, 0.717) is 49.0 Å². The molecule has 1 fully saturated rings. The van der Waals surface area contributed by atoms with E-state index in [1.807, 2.05) is 26.8 Å². The number of ether oxygens (including phenoxy) is 1. The summed E-state index contributed by atoms with van der Waals surface area (Å²) in [5.74, 6) is -2.01. The van der Waals surface area contributed by atoms with Crippen LogP contribution in [0.5, 0.6) is 5.75 Å². The van der Waals surface area contributed by atoms with Gasteiger partial charge >= 0.3 is 6.09 Å².